The molecule has 0 radical (unpaired) electrons. The molecule has 1 aromatic carbocycles. The molecule has 0 amide bonds. The lowest BCUT2D eigenvalue weighted by atomic mass is 10.1. The second-order valence-electron chi connectivity index (χ2n) is 6.42. The third-order valence-electron chi connectivity index (χ3n) is 4.30. The van der Waals surface area contributed by atoms with Crippen molar-refractivity contribution in [3.63, 3.8) is 0 Å². The highest BCUT2D eigenvalue weighted by Gasteiger charge is 2.25. The summed E-state index contributed by atoms with van der Waals surface area (Å²) in [6.45, 7) is 0. The average molecular weight is 450 g/mol. The van der Waals surface area contributed by atoms with Crippen LogP contribution in [0.25, 0.3) is 22.8 Å². The van der Waals surface area contributed by atoms with Gasteiger partial charge in [0.2, 0.25) is 5.88 Å². The summed E-state index contributed by atoms with van der Waals surface area (Å²) in [5.41, 5.74) is 2.72. The zero-order chi connectivity index (χ0) is 20.4. The van der Waals surface area contributed by atoms with E-state index in [0.29, 0.717) is 22.8 Å². The number of furan rings is 3. The molecule has 0 aliphatic carbocycles. The minimum atomic E-state index is 0.193. The van der Waals surface area contributed by atoms with Crippen LogP contribution < -0.4 is 4.90 Å². The van der Waals surface area contributed by atoms with Gasteiger partial charge in [-0.15, -0.1) is 0 Å². The summed E-state index contributed by atoms with van der Waals surface area (Å²) in [4.78, 5) is 6.44. The number of benzene rings is 1. The molecule has 6 nitrogen and oxygen atoms in total. The highest BCUT2D eigenvalue weighted by molar-refractivity contribution is 9.10. The van der Waals surface area contributed by atoms with Crippen molar-refractivity contribution in [2.24, 2.45) is 4.99 Å². The van der Waals surface area contributed by atoms with Crippen molar-refractivity contribution in [2.45, 2.75) is 0 Å². The number of halogens is 1. The fourth-order valence-electron chi connectivity index (χ4n) is 2.95. The van der Waals surface area contributed by atoms with Gasteiger partial charge in [-0.25, -0.2) is 4.99 Å². The van der Waals surface area contributed by atoms with Gasteiger partial charge in [-0.3, -0.25) is 0 Å². The Balaban J connectivity index is 1.79. The molecular weight excluding hydrogens is 434 g/mol. The molecule has 7 heteroatoms. The molecule has 144 valence electrons. The minimum Gasteiger partial charge on any atom is -0.464 e. The van der Waals surface area contributed by atoms with Crippen molar-refractivity contribution in [3.05, 3.63) is 70.6 Å². The summed E-state index contributed by atoms with van der Waals surface area (Å²) in [7, 11) is 3.95. The van der Waals surface area contributed by atoms with Crippen LogP contribution in [0.5, 0.6) is 0 Å². The second-order valence-corrected chi connectivity index (χ2v) is 7.27. The van der Waals surface area contributed by atoms with E-state index in [1.165, 1.54) is 0 Å². The molecule has 0 saturated carbocycles. The maximum Gasteiger partial charge on any atom is 0.238 e. The number of hydrogen-bond acceptors (Lipinski definition) is 6. The molecule has 4 aromatic rings. The predicted octanol–water partition coefficient (Wildman–Crippen LogP) is 6.25. The van der Waals surface area contributed by atoms with E-state index < -0.39 is 0 Å². The van der Waals surface area contributed by atoms with Crippen molar-refractivity contribution in [1.29, 1.82) is 5.26 Å². The first-order valence-electron chi connectivity index (χ1n) is 8.74. The van der Waals surface area contributed by atoms with Crippen LogP contribution in [0.2, 0.25) is 0 Å². The normalized spacial score (nSPS) is 11.1. The van der Waals surface area contributed by atoms with E-state index in [9.17, 15) is 5.26 Å². The maximum atomic E-state index is 9.78. The molecule has 0 atom stereocenters. The average Bonchev–Trinajstić information content (AvgIpc) is 3.45. The Bertz CT molecular complexity index is 1200. The highest BCUT2D eigenvalue weighted by atomic mass is 79.9. The van der Waals surface area contributed by atoms with E-state index in [-0.39, 0.29) is 11.4 Å². The van der Waals surface area contributed by atoms with Crippen LogP contribution in [0.1, 0.15) is 11.1 Å². The lowest BCUT2D eigenvalue weighted by Gasteiger charge is -2.14. The van der Waals surface area contributed by atoms with Crippen molar-refractivity contribution in [2.75, 3.05) is 19.0 Å². The van der Waals surface area contributed by atoms with Gasteiger partial charge in [-0.05, 0) is 57.9 Å². The van der Waals surface area contributed by atoms with Gasteiger partial charge in [-0.1, -0.05) is 6.07 Å². The molecule has 0 N–H and O–H groups in total. The Kier molecular flexibility index (Phi) is 5.10. The zero-order valence-corrected chi connectivity index (χ0v) is 17.3. The number of nitriles is 1. The fraction of sp³-hybridized carbons (Fsp3) is 0.0909. The molecule has 0 fully saturated rings. The zero-order valence-electron chi connectivity index (χ0n) is 15.7. The Hall–Kier alpha value is -3.50. The summed E-state index contributed by atoms with van der Waals surface area (Å²) in [6.07, 6.45) is 4.74. The third kappa shape index (κ3) is 3.62. The van der Waals surface area contributed by atoms with Gasteiger partial charge in [0.15, 0.2) is 11.5 Å². The maximum absolute atomic E-state index is 9.78. The lowest BCUT2D eigenvalue weighted by molar-refractivity contribution is 0.527. The Labute approximate surface area is 175 Å². The topological polar surface area (TPSA) is 78.8 Å². The number of aliphatic imine (C=N–C) groups is 1. The molecule has 0 bridgehead atoms. The summed E-state index contributed by atoms with van der Waals surface area (Å²) in [5, 5.41) is 9.78. The van der Waals surface area contributed by atoms with E-state index in [1.807, 2.05) is 37.2 Å². The summed E-state index contributed by atoms with van der Waals surface area (Å²) < 4.78 is 17.9. The number of hydrogen-bond donors (Lipinski definition) is 0. The lowest BCUT2D eigenvalue weighted by Crippen LogP contribution is -2.09. The molecule has 0 spiro atoms. The SMILES string of the molecule is CN(C)c1ccc(C=Nc2oc(-c3ccco3)c(-c3ccco3)c2C#N)cc1Br. The summed E-state index contributed by atoms with van der Waals surface area (Å²) in [6, 6.07) is 15.1. The van der Waals surface area contributed by atoms with Gasteiger partial charge in [0.1, 0.15) is 17.4 Å². The Morgan fingerprint density at radius 2 is 1.79 bits per heavy atom. The fourth-order valence-corrected chi connectivity index (χ4v) is 3.70. The molecule has 3 aromatic heterocycles. The van der Waals surface area contributed by atoms with Gasteiger partial charge < -0.3 is 18.2 Å². The third-order valence-corrected chi connectivity index (χ3v) is 4.93. The van der Waals surface area contributed by atoms with Crippen molar-refractivity contribution in [1.82, 2.24) is 0 Å². The van der Waals surface area contributed by atoms with Crippen LogP contribution in [0.15, 0.2) is 77.7 Å². The predicted molar refractivity (Wildman–Crippen MR) is 115 cm³/mol. The molecule has 29 heavy (non-hydrogen) atoms. The van der Waals surface area contributed by atoms with Crippen LogP contribution in [-0.4, -0.2) is 20.3 Å². The van der Waals surface area contributed by atoms with Crippen LogP contribution in [-0.2, 0) is 0 Å². The van der Waals surface area contributed by atoms with E-state index in [0.717, 1.165) is 15.7 Å². The van der Waals surface area contributed by atoms with E-state index >= 15 is 0 Å². The summed E-state index contributed by atoms with van der Waals surface area (Å²) in [5.74, 6) is 1.60. The van der Waals surface area contributed by atoms with Gasteiger partial charge in [0.25, 0.3) is 0 Å². The smallest absolute Gasteiger partial charge is 0.238 e. The first-order valence-corrected chi connectivity index (χ1v) is 9.53. The van der Waals surface area contributed by atoms with Crippen molar-refractivity contribution in [3.8, 4) is 28.9 Å². The Morgan fingerprint density at radius 1 is 1.07 bits per heavy atom. The molecule has 4 rings (SSSR count). The second kappa shape index (κ2) is 7.86. The van der Waals surface area contributed by atoms with Crippen LogP contribution in [0.4, 0.5) is 11.6 Å². The molecule has 3 heterocycles. The first-order chi connectivity index (χ1) is 14.1. The van der Waals surface area contributed by atoms with Gasteiger partial charge in [0.05, 0.1) is 23.8 Å². The van der Waals surface area contributed by atoms with Crippen molar-refractivity contribution >= 4 is 33.7 Å². The summed E-state index contributed by atoms with van der Waals surface area (Å²) >= 11 is 3.57. The molecule has 0 unspecified atom stereocenters. The number of rotatable bonds is 5. The van der Waals surface area contributed by atoms with Gasteiger partial charge >= 0.3 is 0 Å². The van der Waals surface area contributed by atoms with Crippen LogP contribution in [0.3, 0.4) is 0 Å². The quantitative estimate of drug-likeness (QED) is 0.336. The first kappa shape index (κ1) is 18.8. The highest BCUT2D eigenvalue weighted by Crippen LogP contribution is 2.42. The largest absolute Gasteiger partial charge is 0.464 e. The van der Waals surface area contributed by atoms with Gasteiger partial charge in [0, 0.05) is 24.8 Å². The number of anilines is 1. The minimum absolute atomic E-state index is 0.193. The molecule has 0 saturated heterocycles. The van der Waals surface area contributed by atoms with Crippen LogP contribution in [0, 0.1) is 11.3 Å². The monoisotopic (exact) mass is 449 g/mol. The molecular formula is C22H16BrN3O3. The van der Waals surface area contributed by atoms with Crippen molar-refractivity contribution < 1.29 is 13.3 Å². The van der Waals surface area contributed by atoms with E-state index in [2.05, 4.69) is 27.0 Å². The Morgan fingerprint density at radius 3 is 2.38 bits per heavy atom. The standard InChI is InChI=1S/C22H16BrN3O3/c1-26(2)17-8-7-14(11-16(17)23)13-25-22-15(12-24)20(18-5-3-9-27-18)21(29-22)19-6-4-10-28-19/h3-11,13H,1-2H3. The molecule has 0 aliphatic heterocycles. The van der Waals surface area contributed by atoms with E-state index in [1.54, 1.807) is 43.0 Å². The van der Waals surface area contributed by atoms with Gasteiger partial charge in [-0.2, -0.15) is 5.26 Å². The molecule has 0 aliphatic rings. The number of nitrogens with zero attached hydrogens (tertiary/aromatic N) is 3. The van der Waals surface area contributed by atoms with Crippen LogP contribution >= 0.6 is 15.9 Å². The van der Waals surface area contributed by atoms with E-state index in [4.69, 9.17) is 13.3 Å².